The van der Waals surface area contributed by atoms with E-state index in [0.717, 1.165) is 31.4 Å². The number of halogens is 1. The van der Waals surface area contributed by atoms with Gasteiger partial charge in [-0.3, -0.25) is 4.98 Å². The SMILES string of the molecule is Cc1ncccc1OCC1(CS(=O)(=O)Cl)CCCC1. The monoisotopic (exact) mass is 303 g/mol. The maximum absolute atomic E-state index is 11.4. The van der Waals surface area contributed by atoms with Crippen LogP contribution in [0.3, 0.4) is 0 Å². The quantitative estimate of drug-likeness (QED) is 0.785. The number of pyridine rings is 1. The molecule has 0 aromatic carbocycles. The molecule has 1 saturated carbocycles. The summed E-state index contributed by atoms with van der Waals surface area (Å²) < 4.78 is 28.5. The van der Waals surface area contributed by atoms with Crippen LogP contribution < -0.4 is 4.74 Å². The van der Waals surface area contributed by atoms with E-state index in [-0.39, 0.29) is 11.2 Å². The van der Waals surface area contributed by atoms with Gasteiger partial charge in [-0.2, -0.15) is 0 Å². The highest BCUT2D eigenvalue weighted by atomic mass is 35.7. The Morgan fingerprint density at radius 3 is 2.68 bits per heavy atom. The molecule has 1 aliphatic carbocycles. The minimum absolute atomic E-state index is 0.0130. The van der Waals surface area contributed by atoms with Crippen molar-refractivity contribution in [2.45, 2.75) is 32.6 Å². The molecule has 6 heteroatoms. The van der Waals surface area contributed by atoms with Gasteiger partial charge >= 0.3 is 0 Å². The first-order valence-corrected chi connectivity index (χ1v) is 8.85. The van der Waals surface area contributed by atoms with Crippen molar-refractivity contribution in [2.75, 3.05) is 12.4 Å². The van der Waals surface area contributed by atoms with Crippen molar-refractivity contribution in [3.05, 3.63) is 24.0 Å². The van der Waals surface area contributed by atoms with E-state index in [9.17, 15) is 8.42 Å². The van der Waals surface area contributed by atoms with Crippen LogP contribution in [0.5, 0.6) is 5.75 Å². The molecule has 1 aromatic heterocycles. The lowest BCUT2D eigenvalue weighted by atomic mass is 9.90. The Bertz CT molecular complexity index is 539. The third kappa shape index (κ3) is 4.08. The molecule has 0 radical (unpaired) electrons. The molecule has 0 atom stereocenters. The molecular weight excluding hydrogens is 286 g/mol. The van der Waals surface area contributed by atoms with E-state index in [2.05, 4.69) is 4.98 Å². The average Bonchev–Trinajstić information content (AvgIpc) is 2.74. The second-order valence-electron chi connectivity index (χ2n) is 5.27. The standard InChI is InChI=1S/C13H18ClNO3S/c1-11-12(5-4-8-15-11)18-9-13(6-2-3-7-13)10-19(14,16)17/h4-5,8H,2-3,6-7,9-10H2,1H3. The van der Waals surface area contributed by atoms with Gasteiger partial charge < -0.3 is 4.74 Å². The molecule has 1 aromatic rings. The van der Waals surface area contributed by atoms with Gasteiger partial charge in [-0.15, -0.1) is 0 Å². The smallest absolute Gasteiger partial charge is 0.233 e. The molecule has 0 unspecified atom stereocenters. The Morgan fingerprint density at radius 1 is 1.42 bits per heavy atom. The van der Waals surface area contributed by atoms with E-state index in [1.807, 2.05) is 19.1 Å². The predicted octanol–water partition coefficient (Wildman–Crippen LogP) is 2.90. The number of nitrogens with zero attached hydrogens (tertiary/aromatic N) is 1. The highest BCUT2D eigenvalue weighted by Gasteiger charge is 2.38. The maximum Gasteiger partial charge on any atom is 0.233 e. The van der Waals surface area contributed by atoms with E-state index in [1.54, 1.807) is 6.20 Å². The normalized spacial score (nSPS) is 18.4. The summed E-state index contributed by atoms with van der Waals surface area (Å²) in [4.78, 5) is 4.15. The molecule has 0 N–H and O–H groups in total. The van der Waals surface area contributed by atoms with Gasteiger partial charge in [0.25, 0.3) is 0 Å². The largest absolute Gasteiger partial charge is 0.491 e. The van der Waals surface area contributed by atoms with Gasteiger partial charge in [0.05, 0.1) is 18.1 Å². The first kappa shape index (κ1) is 14.6. The van der Waals surface area contributed by atoms with Crippen molar-refractivity contribution in [3.63, 3.8) is 0 Å². The van der Waals surface area contributed by atoms with Crippen LogP contribution >= 0.6 is 10.7 Å². The number of hydrogen-bond donors (Lipinski definition) is 0. The minimum Gasteiger partial charge on any atom is -0.491 e. The highest BCUT2D eigenvalue weighted by Crippen LogP contribution is 2.40. The summed E-state index contributed by atoms with van der Waals surface area (Å²) in [6.45, 7) is 2.25. The first-order chi connectivity index (χ1) is 8.90. The Kier molecular flexibility index (Phi) is 4.36. The molecule has 0 aliphatic heterocycles. The van der Waals surface area contributed by atoms with E-state index < -0.39 is 9.05 Å². The van der Waals surface area contributed by atoms with Gasteiger partial charge in [-0.1, -0.05) is 12.8 Å². The zero-order valence-corrected chi connectivity index (χ0v) is 12.5. The van der Waals surface area contributed by atoms with Crippen molar-refractivity contribution in [1.82, 2.24) is 4.98 Å². The van der Waals surface area contributed by atoms with Crippen molar-refractivity contribution in [3.8, 4) is 5.75 Å². The van der Waals surface area contributed by atoms with Gasteiger partial charge in [0.15, 0.2) is 0 Å². The van der Waals surface area contributed by atoms with Crippen LogP contribution in [-0.4, -0.2) is 25.8 Å². The summed E-state index contributed by atoms with van der Waals surface area (Å²) in [6, 6.07) is 3.65. The van der Waals surface area contributed by atoms with Crippen LogP contribution in [0.15, 0.2) is 18.3 Å². The third-order valence-corrected chi connectivity index (χ3v) is 4.92. The minimum atomic E-state index is -3.50. The summed E-state index contributed by atoms with van der Waals surface area (Å²) in [5.41, 5.74) is 0.465. The summed E-state index contributed by atoms with van der Waals surface area (Å²) >= 11 is 0. The van der Waals surface area contributed by atoms with Gasteiger partial charge in [-0.05, 0) is 31.9 Å². The van der Waals surface area contributed by atoms with E-state index in [1.165, 1.54) is 0 Å². The molecule has 0 spiro atoms. The number of ether oxygens (including phenoxy) is 1. The number of hydrogen-bond acceptors (Lipinski definition) is 4. The zero-order valence-electron chi connectivity index (χ0n) is 10.9. The Hall–Kier alpha value is -0.810. The van der Waals surface area contributed by atoms with Crippen molar-refractivity contribution in [1.29, 1.82) is 0 Å². The molecule has 4 nitrogen and oxygen atoms in total. The van der Waals surface area contributed by atoms with E-state index >= 15 is 0 Å². The molecule has 2 rings (SSSR count). The molecule has 106 valence electrons. The summed E-state index contributed by atoms with van der Waals surface area (Å²) in [6.07, 6.45) is 5.46. The van der Waals surface area contributed by atoms with Gasteiger partial charge in [0.2, 0.25) is 9.05 Å². The topological polar surface area (TPSA) is 56.3 Å². The third-order valence-electron chi connectivity index (χ3n) is 3.64. The fourth-order valence-electron chi connectivity index (χ4n) is 2.67. The second-order valence-corrected chi connectivity index (χ2v) is 8.04. The molecule has 0 saturated heterocycles. The fraction of sp³-hybridized carbons (Fsp3) is 0.615. The summed E-state index contributed by atoms with van der Waals surface area (Å²) in [5.74, 6) is 0.696. The Labute approximate surface area is 118 Å². The molecular formula is C13H18ClNO3S. The van der Waals surface area contributed by atoms with Crippen LogP contribution in [0.4, 0.5) is 0 Å². The van der Waals surface area contributed by atoms with Gasteiger partial charge in [-0.25, -0.2) is 8.42 Å². The van der Waals surface area contributed by atoms with Crippen LogP contribution in [-0.2, 0) is 9.05 Å². The lowest BCUT2D eigenvalue weighted by Gasteiger charge is -2.27. The highest BCUT2D eigenvalue weighted by molar-refractivity contribution is 8.13. The van der Waals surface area contributed by atoms with Crippen LogP contribution in [0, 0.1) is 12.3 Å². The van der Waals surface area contributed by atoms with E-state index in [0.29, 0.717) is 12.4 Å². The lowest BCUT2D eigenvalue weighted by molar-refractivity contribution is 0.169. The second kappa shape index (κ2) is 5.67. The molecule has 1 heterocycles. The number of rotatable bonds is 5. The summed E-state index contributed by atoms with van der Waals surface area (Å²) in [5, 5.41) is 0. The van der Waals surface area contributed by atoms with Crippen LogP contribution in [0.25, 0.3) is 0 Å². The van der Waals surface area contributed by atoms with Crippen LogP contribution in [0.1, 0.15) is 31.4 Å². The molecule has 1 aliphatic rings. The summed E-state index contributed by atoms with van der Waals surface area (Å²) in [7, 11) is 1.92. The molecule has 0 bridgehead atoms. The van der Waals surface area contributed by atoms with Crippen LogP contribution in [0.2, 0.25) is 0 Å². The van der Waals surface area contributed by atoms with E-state index in [4.69, 9.17) is 15.4 Å². The Balaban J connectivity index is 2.08. The maximum atomic E-state index is 11.4. The zero-order chi connectivity index (χ0) is 13.9. The first-order valence-electron chi connectivity index (χ1n) is 6.37. The molecule has 0 amide bonds. The van der Waals surface area contributed by atoms with Crippen molar-refractivity contribution in [2.24, 2.45) is 5.41 Å². The average molecular weight is 304 g/mol. The number of aryl methyl sites for hydroxylation is 1. The fourth-order valence-corrected chi connectivity index (χ4v) is 4.47. The molecule has 19 heavy (non-hydrogen) atoms. The van der Waals surface area contributed by atoms with Crippen molar-refractivity contribution < 1.29 is 13.2 Å². The Morgan fingerprint density at radius 2 is 2.11 bits per heavy atom. The van der Waals surface area contributed by atoms with Crippen molar-refractivity contribution >= 4 is 19.7 Å². The van der Waals surface area contributed by atoms with Gasteiger partial charge in [0.1, 0.15) is 5.75 Å². The lowest BCUT2D eigenvalue weighted by Crippen LogP contribution is -2.32. The van der Waals surface area contributed by atoms with Gasteiger partial charge in [0, 0.05) is 22.3 Å². The molecule has 1 fully saturated rings. The number of aromatic nitrogens is 1. The predicted molar refractivity (Wildman–Crippen MR) is 75.0 cm³/mol.